The van der Waals surface area contributed by atoms with Gasteiger partial charge in [-0.25, -0.2) is 0 Å². The van der Waals surface area contributed by atoms with E-state index in [2.05, 4.69) is 4.98 Å². The molecule has 31 heavy (non-hydrogen) atoms. The number of nitrogens with zero attached hydrogens (tertiary/aromatic N) is 4. The molecule has 6 nitrogen and oxygen atoms in total. The molecule has 2 aliphatic rings. The van der Waals surface area contributed by atoms with Crippen molar-refractivity contribution in [1.29, 1.82) is 0 Å². The standard InChI is InChI=1S/C22H25BF2N4O2/c1-7-16-12(3)21-20(18-9-10-26-11-19(18)29(30)31)22-13(4)17(8-2)15(6)28(22)23(24,25)27(21)14(16)5/h9-11H,7-8H2,1-6H3. The first kappa shape index (κ1) is 21.1. The summed E-state index contributed by atoms with van der Waals surface area (Å²) in [5.74, 6) is 0. The van der Waals surface area contributed by atoms with E-state index in [1.807, 2.05) is 27.7 Å². The first-order valence-corrected chi connectivity index (χ1v) is 10.5. The molecule has 2 aromatic rings. The number of aromatic nitrogens is 2. The van der Waals surface area contributed by atoms with Gasteiger partial charge in [0, 0.05) is 30.0 Å². The summed E-state index contributed by atoms with van der Waals surface area (Å²) in [5, 5.41) is 11.8. The van der Waals surface area contributed by atoms with E-state index in [1.54, 1.807) is 19.9 Å². The van der Waals surface area contributed by atoms with E-state index in [0.29, 0.717) is 46.8 Å². The SMILES string of the molecule is CCC1=C(C)C2=C(c3ccncc3[N+](=O)[O-])c3c(C)c(CC)c(C)n3[B-](F)(F)[N+]2=C1C. The van der Waals surface area contributed by atoms with Crippen molar-refractivity contribution in [2.75, 3.05) is 0 Å². The van der Waals surface area contributed by atoms with Crippen LogP contribution in [0.25, 0.3) is 5.57 Å². The first-order valence-electron chi connectivity index (χ1n) is 10.5. The van der Waals surface area contributed by atoms with Gasteiger partial charge in [0.2, 0.25) is 0 Å². The summed E-state index contributed by atoms with van der Waals surface area (Å²) < 4.78 is 34.5. The molecule has 0 fully saturated rings. The van der Waals surface area contributed by atoms with Gasteiger partial charge in [0.1, 0.15) is 11.9 Å². The lowest BCUT2D eigenvalue weighted by Crippen LogP contribution is -2.51. The van der Waals surface area contributed by atoms with Crippen molar-refractivity contribution in [3.8, 4) is 0 Å². The van der Waals surface area contributed by atoms with E-state index in [1.165, 1.54) is 12.4 Å². The van der Waals surface area contributed by atoms with Gasteiger partial charge in [0.15, 0.2) is 5.70 Å². The van der Waals surface area contributed by atoms with Gasteiger partial charge in [-0.1, -0.05) is 13.8 Å². The minimum absolute atomic E-state index is 0.194. The van der Waals surface area contributed by atoms with Gasteiger partial charge >= 0.3 is 6.97 Å². The third kappa shape index (κ3) is 2.61. The topological polar surface area (TPSA) is 64.0 Å². The molecule has 4 rings (SSSR count). The molecule has 0 N–H and O–H groups in total. The Morgan fingerprint density at radius 1 is 1.19 bits per heavy atom. The van der Waals surface area contributed by atoms with E-state index in [-0.39, 0.29) is 5.69 Å². The van der Waals surface area contributed by atoms with E-state index in [0.717, 1.165) is 31.2 Å². The Kier molecular flexibility index (Phi) is 4.75. The van der Waals surface area contributed by atoms with Crippen molar-refractivity contribution in [3.05, 3.63) is 73.5 Å². The molecule has 0 spiro atoms. The van der Waals surface area contributed by atoms with Gasteiger partial charge in [-0.15, -0.1) is 0 Å². The third-order valence-corrected chi connectivity index (χ3v) is 6.76. The first-order chi connectivity index (χ1) is 14.6. The molecule has 0 unspecified atom stereocenters. The largest absolute Gasteiger partial charge is 0.737 e. The Balaban J connectivity index is 2.27. The molecule has 0 atom stereocenters. The minimum atomic E-state index is -4.16. The molecule has 0 aliphatic carbocycles. The summed E-state index contributed by atoms with van der Waals surface area (Å²) in [6.07, 6.45) is 3.86. The minimum Gasteiger partial charge on any atom is -0.393 e. The maximum atomic E-state index is 16.1. The van der Waals surface area contributed by atoms with Crippen molar-refractivity contribution in [2.45, 2.75) is 54.4 Å². The van der Waals surface area contributed by atoms with E-state index < -0.39 is 11.9 Å². The van der Waals surface area contributed by atoms with Crippen LogP contribution in [-0.4, -0.2) is 31.6 Å². The van der Waals surface area contributed by atoms with Crippen LogP contribution in [0.2, 0.25) is 0 Å². The molecule has 0 aromatic carbocycles. The molecule has 0 saturated carbocycles. The van der Waals surface area contributed by atoms with E-state index in [4.69, 9.17) is 0 Å². The van der Waals surface area contributed by atoms with Crippen LogP contribution >= 0.6 is 0 Å². The lowest BCUT2D eigenvalue weighted by atomic mass is 9.83. The summed E-state index contributed by atoms with van der Waals surface area (Å²) in [5.41, 5.74) is 5.50. The van der Waals surface area contributed by atoms with Gasteiger partial charge in [0.25, 0.3) is 5.69 Å². The van der Waals surface area contributed by atoms with Crippen LogP contribution in [0.3, 0.4) is 0 Å². The molecule has 0 saturated heterocycles. The Morgan fingerprint density at radius 2 is 1.87 bits per heavy atom. The lowest BCUT2D eigenvalue weighted by Gasteiger charge is -2.33. The fourth-order valence-corrected chi connectivity index (χ4v) is 5.48. The maximum Gasteiger partial charge on any atom is 0.737 e. The predicted octanol–water partition coefficient (Wildman–Crippen LogP) is 5.18. The maximum absolute atomic E-state index is 16.1. The zero-order valence-electron chi connectivity index (χ0n) is 18.6. The number of hydrogen-bond acceptors (Lipinski definition) is 3. The smallest absolute Gasteiger partial charge is 0.393 e. The quantitative estimate of drug-likeness (QED) is 0.385. The Labute approximate surface area is 179 Å². The predicted molar refractivity (Wildman–Crippen MR) is 117 cm³/mol. The number of halogens is 2. The number of pyridine rings is 1. The van der Waals surface area contributed by atoms with Gasteiger partial charge < -0.3 is 17.6 Å². The molecule has 162 valence electrons. The summed E-state index contributed by atoms with van der Waals surface area (Å²) in [7, 11) is 0. The van der Waals surface area contributed by atoms with Crippen molar-refractivity contribution < 1.29 is 18.0 Å². The van der Waals surface area contributed by atoms with Crippen LogP contribution in [-0.2, 0) is 6.42 Å². The summed E-state index contributed by atoms with van der Waals surface area (Å²) >= 11 is 0. The Bertz CT molecular complexity index is 1250. The molecule has 0 bridgehead atoms. The van der Waals surface area contributed by atoms with Crippen LogP contribution in [0.5, 0.6) is 0 Å². The third-order valence-electron chi connectivity index (χ3n) is 6.76. The highest BCUT2D eigenvalue weighted by molar-refractivity contribution is 6.58. The normalized spacial score (nSPS) is 17.4. The average Bonchev–Trinajstić information content (AvgIpc) is 3.13. The van der Waals surface area contributed by atoms with Crippen molar-refractivity contribution in [3.63, 3.8) is 0 Å². The number of allylic oxidation sites excluding steroid dienone is 2. The summed E-state index contributed by atoms with van der Waals surface area (Å²) in [6, 6.07) is 1.55. The number of hydrogen-bond donors (Lipinski definition) is 0. The molecule has 4 heterocycles. The zero-order chi connectivity index (χ0) is 22.8. The molecule has 0 amide bonds. The second-order valence-electron chi connectivity index (χ2n) is 8.14. The summed E-state index contributed by atoms with van der Waals surface area (Å²) in [6.45, 7) is 6.80. The highest BCUT2D eigenvalue weighted by Crippen LogP contribution is 2.48. The highest BCUT2D eigenvalue weighted by atomic mass is 19.2. The molecule has 2 aromatic heterocycles. The van der Waals surface area contributed by atoms with Gasteiger partial charge in [-0.05, 0) is 56.5 Å². The molecular weight excluding hydrogens is 401 g/mol. The van der Waals surface area contributed by atoms with E-state index >= 15 is 8.63 Å². The molecular formula is C22H25BF2N4O2. The monoisotopic (exact) mass is 426 g/mol. The Hall–Kier alpha value is -3.10. The van der Waals surface area contributed by atoms with Crippen LogP contribution in [0.1, 0.15) is 62.2 Å². The van der Waals surface area contributed by atoms with Crippen LogP contribution in [0.15, 0.2) is 35.3 Å². The zero-order valence-corrected chi connectivity index (χ0v) is 18.6. The second-order valence-corrected chi connectivity index (χ2v) is 8.14. The fraction of sp³-hybridized carbons (Fsp3) is 0.364. The van der Waals surface area contributed by atoms with Gasteiger partial charge in [-0.2, -0.15) is 0 Å². The number of fused-ring (bicyclic) bond motifs is 2. The van der Waals surface area contributed by atoms with Crippen LogP contribution in [0, 0.1) is 24.0 Å². The van der Waals surface area contributed by atoms with E-state index in [9.17, 15) is 10.1 Å². The van der Waals surface area contributed by atoms with Crippen LogP contribution < -0.4 is 0 Å². The summed E-state index contributed by atoms with van der Waals surface area (Å²) in [4.78, 5) is 15.2. The number of rotatable bonds is 4. The average molecular weight is 426 g/mol. The highest BCUT2D eigenvalue weighted by Gasteiger charge is 2.57. The second kappa shape index (κ2) is 6.97. The van der Waals surface area contributed by atoms with Crippen LogP contribution in [0.4, 0.5) is 14.3 Å². The number of nitro groups is 1. The molecule has 0 radical (unpaired) electrons. The molecule has 9 heteroatoms. The van der Waals surface area contributed by atoms with Crippen molar-refractivity contribution in [2.24, 2.45) is 0 Å². The van der Waals surface area contributed by atoms with Gasteiger partial charge in [-0.3, -0.25) is 15.1 Å². The molecule has 2 aliphatic heterocycles. The Morgan fingerprint density at radius 3 is 2.45 bits per heavy atom. The fourth-order valence-electron chi connectivity index (χ4n) is 5.48. The van der Waals surface area contributed by atoms with Crippen molar-refractivity contribution in [1.82, 2.24) is 9.46 Å². The van der Waals surface area contributed by atoms with Gasteiger partial charge in [0.05, 0.1) is 16.1 Å². The lowest BCUT2D eigenvalue weighted by molar-refractivity contribution is -0.385. The van der Waals surface area contributed by atoms with Crippen molar-refractivity contribution >= 4 is 23.9 Å².